The first-order valence-electron chi connectivity index (χ1n) is 4.24. The van der Waals surface area contributed by atoms with Gasteiger partial charge in [0.05, 0.1) is 0 Å². The molecule has 0 unspecified atom stereocenters. The molecule has 0 radical (unpaired) electrons. The van der Waals surface area contributed by atoms with E-state index in [0.29, 0.717) is 5.92 Å². The van der Waals surface area contributed by atoms with E-state index in [9.17, 15) is 39.5 Å². The Labute approximate surface area is 115 Å². The Balaban J connectivity index is -0.000000448. The number of hydrogen-bond donors (Lipinski definition) is 1. The quantitative estimate of drug-likeness (QED) is 0.396. The topological polar surface area (TPSA) is 20.2 Å². The van der Waals surface area contributed by atoms with Gasteiger partial charge in [0.2, 0.25) is 0 Å². The van der Waals surface area contributed by atoms with Gasteiger partial charge in [-0.25, -0.2) is 0 Å². The molecule has 0 aliphatic carbocycles. The van der Waals surface area contributed by atoms with E-state index in [1.165, 1.54) is 0 Å². The van der Waals surface area contributed by atoms with Crippen LogP contribution in [0.4, 0.5) is 39.5 Å². The van der Waals surface area contributed by atoms with Crippen LogP contribution in [0.5, 0.6) is 0 Å². The summed E-state index contributed by atoms with van der Waals surface area (Å²) < 4.78 is 103. The Kier molecular flexibility index (Phi) is 8.97. The molecular formula is C8H10F9OZn-. The van der Waals surface area contributed by atoms with Crippen LogP contribution < -0.4 is 0 Å². The average Bonchev–Trinajstić information content (AvgIpc) is 1.94. The van der Waals surface area contributed by atoms with E-state index in [1.54, 1.807) is 0 Å². The summed E-state index contributed by atoms with van der Waals surface area (Å²) in [4.78, 5) is 0. The van der Waals surface area contributed by atoms with Crippen LogP contribution in [-0.2, 0) is 19.5 Å². The van der Waals surface area contributed by atoms with E-state index >= 15 is 0 Å². The van der Waals surface area contributed by atoms with Gasteiger partial charge < -0.3 is 12.0 Å². The molecule has 0 heterocycles. The standard InChI is InChI=1S/C4HF9O.C4H9.Zn/c5-2(6,7)1(14,3(8,9)10)4(11,12)13;1-4(2)3;/h14H;4H,1H2,2-3H3;/q;-1;. The maximum absolute atomic E-state index is 11.4. The van der Waals surface area contributed by atoms with E-state index in [-0.39, 0.29) is 19.5 Å². The largest absolute Gasteiger partial charge is 0.435 e. The van der Waals surface area contributed by atoms with Crippen molar-refractivity contribution < 1.29 is 64.1 Å². The first-order valence-corrected chi connectivity index (χ1v) is 4.24. The van der Waals surface area contributed by atoms with Crippen LogP contribution in [0, 0.1) is 12.8 Å². The number of alkyl halides is 9. The van der Waals surface area contributed by atoms with Crippen molar-refractivity contribution in [3.8, 4) is 0 Å². The van der Waals surface area contributed by atoms with Crippen LogP contribution in [0.2, 0.25) is 0 Å². The molecule has 0 saturated carbocycles. The summed E-state index contributed by atoms with van der Waals surface area (Å²) >= 11 is 0. The molecule has 0 atom stereocenters. The van der Waals surface area contributed by atoms with Crippen molar-refractivity contribution in [3.63, 3.8) is 0 Å². The van der Waals surface area contributed by atoms with Gasteiger partial charge in [-0.3, -0.25) is 0 Å². The molecule has 0 aromatic heterocycles. The molecule has 0 aliphatic rings. The molecule has 1 nitrogen and oxygen atoms in total. The summed E-state index contributed by atoms with van der Waals surface area (Å²) in [6.45, 7) is 7.75. The van der Waals surface area contributed by atoms with E-state index < -0.39 is 24.1 Å². The fourth-order valence-electron chi connectivity index (χ4n) is 0.482. The van der Waals surface area contributed by atoms with Gasteiger partial charge in [-0.2, -0.15) is 45.4 Å². The number of rotatable bonds is 0. The second kappa shape index (κ2) is 7.10. The molecule has 0 aromatic carbocycles. The maximum atomic E-state index is 11.4. The van der Waals surface area contributed by atoms with Crippen LogP contribution in [0.15, 0.2) is 0 Å². The molecule has 0 fully saturated rings. The summed E-state index contributed by atoms with van der Waals surface area (Å²) in [5.74, 6) is 0.583. The fourth-order valence-corrected chi connectivity index (χ4v) is 0.482. The summed E-state index contributed by atoms with van der Waals surface area (Å²) in [5, 5.41) is 7.65. The molecule has 0 spiro atoms. The van der Waals surface area contributed by atoms with Crippen molar-refractivity contribution in [2.75, 3.05) is 0 Å². The molecule has 114 valence electrons. The number of halogens is 9. The smallest absolute Gasteiger partial charge is 0.367 e. The zero-order valence-electron chi connectivity index (χ0n) is 9.84. The minimum Gasteiger partial charge on any atom is -0.367 e. The third-order valence-electron chi connectivity index (χ3n) is 1.23. The van der Waals surface area contributed by atoms with Crippen molar-refractivity contribution in [1.29, 1.82) is 0 Å². The molecule has 0 rings (SSSR count). The van der Waals surface area contributed by atoms with E-state index in [0.717, 1.165) is 0 Å². The van der Waals surface area contributed by atoms with Gasteiger partial charge in [-0.1, -0.05) is 13.8 Å². The van der Waals surface area contributed by atoms with Crippen molar-refractivity contribution in [2.24, 2.45) is 5.92 Å². The van der Waals surface area contributed by atoms with E-state index in [4.69, 9.17) is 5.11 Å². The number of hydrogen-bond acceptors (Lipinski definition) is 1. The van der Waals surface area contributed by atoms with Gasteiger partial charge in [0.15, 0.2) is 0 Å². The molecule has 0 bridgehead atoms. The Morgan fingerprint density at radius 2 is 0.842 bits per heavy atom. The maximum Gasteiger partial charge on any atom is 0.435 e. The Bertz CT molecular complexity index is 214. The summed E-state index contributed by atoms with van der Waals surface area (Å²) in [5.41, 5.74) is -6.69. The Morgan fingerprint density at radius 3 is 0.842 bits per heavy atom. The van der Waals surface area contributed by atoms with Crippen LogP contribution >= 0.6 is 0 Å². The SMILES string of the molecule is OC(C(F)(F)F)(C(F)(F)F)C(F)(F)F.[CH2-]C(C)C.[Zn]. The molecule has 0 saturated heterocycles. The van der Waals surface area contributed by atoms with Crippen molar-refractivity contribution in [3.05, 3.63) is 6.92 Å². The first-order chi connectivity index (χ1) is 7.48. The summed E-state index contributed by atoms with van der Waals surface area (Å²) in [6.07, 6.45) is -20.6. The van der Waals surface area contributed by atoms with Gasteiger partial charge in [0.1, 0.15) is 0 Å². The van der Waals surface area contributed by atoms with Crippen LogP contribution in [0.3, 0.4) is 0 Å². The first kappa shape index (κ1) is 24.0. The summed E-state index contributed by atoms with van der Waals surface area (Å²) in [6, 6.07) is 0. The molecule has 0 amide bonds. The average molecular weight is 359 g/mol. The molecule has 19 heavy (non-hydrogen) atoms. The monoisotopic (exact) mass is 357 g/mol. The van der Waals surface area contributed by atoms with Gasteiger partial charge in [-0.15, -0.1) is 0 Å². The van der Waals surface area contributed by atoms with Crippen molar-refractivity contribution in [2.45, 2.75) is 38.0 Å². The predicted octanol–water partition coefficient (Wildman–Crippen LogP) is 3.88. The second-order valence-corrected chi connectivity index (χ2v) is 3.60. The van der Waals surface area contributed by atoms with Gasteiger partial charge in [-0.05, 0) is 0 Å². The van der Waals surface area contributed by atoms with Crippen molar-refractivity contribution in [1.82, 2.24) is 0 Å². The molecular weight excluding hydrogens is 348 g/mol. The molecule has 11 heteroatoms. The zero-order valence-corrected chi connectivity index (χ0v) is 12.8. The van der Waals surface area contributed by atoms with Crippen molar-refractivity contribution >= 4 is 0 Å². The van der Waals surface area contributed by atoms with Gasteiger partial charge in [0.25, 0.3) is 0 Å². The van der Waals surface area contributed by atoms with E-state index in [2.05, 4.69) is 20.8 Å². The predicted molar refractivity (Wildman–Crippen MR) is 43.3 cm³/mol. The van der Waals surface area contributed by atoms with Gasteiger partial charge >= 0.3 is 24.1 Å². The zero-order chi connectivity index (χ0) is 15.6. The Hall–Kier alpha value is -0.0466. The Morgan fingerprint density at radius 1 is 0.737 bits per heavy atom. The summed E-state index contributed by atoms with van der Waals surface area (Å²) in [7, 11) is 0. The second-order valence-electron chi connectivity index (χ2n) is 3.60. The van der Waals surface area contributed by atoms with Gasteiger partial charge in [0, 0.05) is 19.5 Å². The molecule has 0 aromatic rings. The minimum absolute atomic E-state index is 0. The fraction of sp³-hybridized carbons (Fsp3) is 0.875. The third kappa shape index (κ3) is 6.29. The van der Waals surface area contributed by atoms with Crippen LogP contribution in [-0.4, -0.2) is 29.2 Å². The third-order valence-corrected chi connectivity index (χ3v) is 1.23. The van der Waals surface area contributed by atoms with Crippen LogP contribution in [0.25, 0.3) is 0 Å². The number of aliphatic hydroxyl groups is 1. The minimum atomic E-state index is -6.87. The molecule has 1 N–H and O–H groups in total. The van der Waals surface area contributed by atoms with E-state index in [1.807, 2.05) is 0 Å². The molecule has 0 aliphatic heterocycles. The normalized spacial score (nSPS) is 13.6. The van der Waals surface area contributed by atoms with Crippen LogP contribution in [0.1, 0.15) is 13.8 Å².